The number of nitrogens with one attached hydrogen (secondary N) is 1. The van der Waals surface area contributed by atoms with Crippen molar-refractivity contribution in [1.29, 1.82) is 0 Å². The van der Waals surface area contributed by atoms with E-state index < -0.39 is 0 Å². The fourth-order valence-corrected chi connectivity index (χ4v) is 3.23. The predicted octanol–water partition coefficient (Wildman–Crippen LogP) is 4.44. The molecule has 100 valence electrons. The van der Waals surface area contributed by atoms with E-state index in [-0.39, 0.29) is 11.4 Å². The lowest BCUT2D eigenvalue weighted by atomic mass is 9.95. The minimum Gasteiger partial charge on any atom is -0.347 e. The van der Waals surface area contributed by atoms with Crippen molar-refractivity contribution in [2.24, 2.45) is 0 Å². The molecule has 0 fully saturated rings. The van der Waals surface area contributed by atoms with E-state index in [0.717, 1.165) is 28.2 Å². The van der Waals surface area contributed by atoms with Crippen molar-refractivity contribution < 1.29 is 4.79 Å². The summed E-state index contributed by atoms with van der Waals surface area (Å²) in [5.74, 6) is -0.00954. The van der Waals surface area contributed by atoms with Crippen LogP contribution in [0.15, 0.2) is 22.7 Å². The van der Waals surface area contributed by atoms with Gasteiger partial charge in [-0.2, -0.15) is 0 Å². The van der Waals surface area contributed by atoms with Gasteiger partial charge in [-0.3, -0.25) is 4.79 Å². The molecule has 1 amide bonds. The molecule has 0 bridgehead atoms. The van der Waals surface area contributed by atoms with Crippen molar-refractivity contribution in [2.75, 3.05) is 5.33 Å². The molecule has 0 saturated heterocycles. The van der Waals surface area contributed by atoms with Crippen LogP contribution in [-0.2, 0) is 0 Å². The first-order valence-corrected chi connectivity index (χ1v) is 7.97. The van der Waals surface area contributed by atoms with Crippen molar-refractivity contribution in [1.82, 2.24) is 5.32 Å². The van der Waals surface area contributed by atoms with E-state index in [2.05, 4.69) is 51.0 Å². The zero-order valence-corrected chi connectivity index (χ0v) is 14.2. The van der Waals surface area contributed by atoms with Crippen LogP contribution >= 0.6 is 31.9 Å². The SMILES string of the molecule is CCC(C)(CCBr)NC(=O)c1cc(C)cc(Br)c1. The number of halogens is 2. The predicted molar refractivity (Wildman–Crippen MR) is 83.5 cm³/mol. The van der Waals surface area contributed by atoms with Gasteiger partial charge < -0.3 is 5.32 Å². The normalized spacial score (nSPS) is 14.1. The molecule has 0 radical (unpaired) electrons. The van der Waals surface area contributed by atoms with Gasteiger partial charge in [0.15, 0.2) is 0 Å². The Morgan fingerprint density at radius 1 is 1.39 bits per heavy atom. The van der Waals surface area contributed by atoms with Gasteiger partial charge in [0.1, 0.15) is 0 Å². The van der Waals surface area contributed by atoms with Crippen LogP contribution in [0, 0.1) is 6.92 Å². The highest BCUT2D eigenvalue weighted by molar-refractivity contribution is 9.10. The molecule has 0 heterocycles. The topological polar surface area (TPSA) is 29.1 Å². The first-order valence-electron chi connectivity index (χ1n) is 6.06. The van der Waals surface area contributed by atoms with E-state index in [1.807, 2.05) is 25.1 Å². The summed E-state index contributed by atoms with van der Waals surface area (Å²) in [5, 5.41) is 4.01. The molecule has 1 rings (SSSR count). The Labute approximate surface area is 126 Å². The molecule has 0 aliphatic heterocycles. The van der Waals surface area contributed by atoms with Crippen LogP contribution in [0.3, 0.4) is 0 Å². The van der Waals surface area contributed by atoms with Gasteiger partial charge in [0.25, 0.3) is 5.91 Å². The highest BCUT2D eigenvalue weighted by Gasteiger charge is 2.24. The van der Waals surface area contributed by atoms with E-state index in [4.69, 9.17) is 0 Å². The van der Waals surface area contributed by atoms with Gasteiger partial charge in [-0.05, 0) is 50.5 Å². The largest absolute Gasteiger partial charge is 0.347 e. The first-order chi connectivity index (χ1) is 8.40. The summed E-state index contributed by atoms with van der Waals surface area (Å²) < 4.78 is 0.936. The third kappa shape index (κ3) is 4.39. The Kier molecular flexibility index (Phi) is 5.86. The van der Waals surface area contributed by atoms with Crippen molar-refractivity contribution >= 4 is 37.8 Å². The lowest BCUT2D eigenvalue weighted by Crippen LogP contribution is -2.45. The molecule has 2 nitrogen and oxygen atoms in total. The molecule has 1 unspecified atom stereocenters. The van der Waals surface area contributed by atoms with Gasteiger partial charge in [-0.1, -0.05) is 38.8 Å². The van der Waals surface area contributed by atoms with E-state index >= 15 is 0 Å². The van der Waals surface area contributed by atoms with Gasteiger partial charge in [-0.25, -0.2) is 0 Å². The fourth-order valence-electron chi connectivity index (χ4n) is 1.75. The smallest absolute Gasteiger partial charge is 0.251 e. The lowest BCUT2D eigenvalue weighted by molar-refractivity contribution is 0.0901. The Hall–Kier alpha value is -0.350. The van der Waals surface area contributed by atoms with Crippen molar-refractivity contribution in [3.05, 3.63) is 33.8 Å². The molecule has 1 aromatic rings. The van der Waals surface area contributed by atoms with Crippen LogP contribution in [-0.4, -0.2) is 16.8 Å². The summed E-state index contributed by atoms with van der Waals surface area (Å²) in [5.41, 5.74) is 1.63. The molecule has 1 atom stereocenters. The summed E-state index contributed by atoms with van der Waals surface area (Å²) in [6.07, 6.45) is 1.83. The number of aryl methyl sites for hydroxylation is 1. The maximum absolute atomic E-state index is 12.3. The summed E-state index contributed by atoms with van der Waals surface area (Å²) in [7, 11) is 0. The standard InChI is InChI=1S/C14H19Br2NO/c1-4-14(3,5-6-15)17-13(18)11-7-10(2)8-12(16)9-11/h7-9H,4-6H2,1-3H3,(H,17,18). The Bertz CT molecular complexity index is 414. The molecule has 0 aromatic heterocycles. The maximum atomic E-state index is 12.3. The number of carbonyl (C=O) groups excluding carboxylic acids is 1. The summed E-state index contributed by atoms with van der Waals surface area (Å²) in [6.45, 7) is 6.16. The van der Waals surface area contributed by atoms with Crippen LogP contribution in [0.25, 0.3) is 0 Å². The van der Waals surface area contributed by atoms with Crippen molar-refractivity contribution in [2.45, 2.75) is 39.2 Å². The summed E-state index contributed by atoms with van der Waals surface area (Å²) in [6, 6.07) is 5.76. The zero-order valence-electron chi connectivity index (χ0n) is 11.0. The summed E-state index contributed by atoms with van der Waals surface area (Å²) >= 11 is 6.86. The quantitative estimate of drug-likeness (QED) is 0.756. The number of benzene rings is 1. The molecule has 18 heavy (non-hydrogen) atoms. The Morgan fingerprint density at radius 2 is 2.06 bits per heavy atom. The first kappa shape index (κ1) is 15.7. The molecular weight excluding hydrogens is 358 g/mol. The Balaban J connectivity index is 2.87. The van der Waals surface area contributed by atoms with E-state index in [1.165, 1.54) is 0 Å². The number of rotatable bonds is 5. The maximum Gasteiger partial charge on any atom is 0.251 e. The average molecular weight is 377 g/mol. The summed E-state index contributed by atoms with van der Waals surface area (Å²) in [4.78, 5) is 12.3. The van der Waals surface area contributed by atoms with E-state index in [0.29, 0.717) is 5.56 Å². The Morgan fingerprint density at radius 3 is 2.56 bits per heavy atom. The van der Waals surface area contributed by atoms with Gasteiger partial charge in [0, 0.05) is 20.9 Å². The fraction of sp³-hybridized carbons (Fsp3) is 0.500. The third-order valence-electron chi connectivity index (χ3n) is 3.15. The molecule has 0 aliphatic carbocycles. The minimum absolute atomic E-state index is 0.00954. The second kappa shape index (κ2) is 6.71. The van der Waals surface area contributed by atoms with Crippen molar-refractivity contribution in [3.63, 3.8) is 0 Å². The number of carbonyl (C=O) groups is 1. The molecule has 0 saturated carbocycles. The van der Waals surface area contributed by atoms with Crippen molar-refractivity contribution in [3.8, 4) is 0 Å². The number of amides is 1. The van der Waals surface area contributed by atoms with Gasteiger partial charge in [0.2, 0.25) is 0 Å². The van der Waals surface area contributed by atoms with Crippen LogP contribution in [0.2, 0.25) is 0 Å². The van der Waals surface area contributed by atoms with Gasteiger partial charge in [-0.15, -0.1) is 0 Å². The average Bonchev–Trinajstić information content (AvgIpc) is 2.28. The molecule has 4 heteroatoms. The minimum atomic E-state index is -0.156. The molecule has 0 spiro atoms. The van der Waals surface area contributed by atoms with Crippen LogP contribution < -0.4 is 5.32 Å². The van der Waals surface area contributed by atoms with E-state index in [9.17, 15) is 4.79 Å². The van der Waals surface area contributed by atoms with Crippen LogP contribution in [0.4, 0.5) is 0 Å². The lowest BCUT2D eigenvalue weighted by Gasteiger charge is -2.29. The molecular formula is C14H19Br2NO. The van der Waals surface area contributed by atoms with Gasteiger partial charge in [0.05, 0.1) is 0 Å². The van der Waals surface area contributed by atoms with Crippen LogP contribution in [0.1, 0.15) is 42.6 Å². The molecule has 0 aliphatic rings. The second-order valence-electron chi connectivity index (χ2n) is 4.82. The number of alkyl halides is 1. The van der Waals surface area contributed by atoms with Gasteiger partial charge >= 0.3 is 0 Å². The highest BCUT2D eigenvalue weighted by atomic mass is 79.9. The highest BCUT2D eigenvalue weighted by Crippen LogP contribution is 2.19. The third-order valence-corrected chi connectivity index (χ3v) is 4.00. The molecule has 1 N–H and O–H groups in total. The number of hydrogen-bond donors (Lipinski definition) is 1. The molecule has 1 aromatic carbocycles. The number of hydrogen-bond acceptors (Lipinski definition) is 1. The monoisotopic (exact) mass is 375 g/mol. The zero-order chi connectivity index (χ0) is 13.8. The van der Waals surface area contributed by atoms with E-state index in [1.54, 1.807) is 0 Å². The second-order valence-corrected chi connectivity index (χ2v) is 6.53. The van der Waals surface area contributed by atoms with Crippen LogP contribution in [0.5, 0.6) is 0 Å².